The van der Waals surface area contributed by atoms with Gasteiger partial charge in [-0.2, -0.15) is 0 Å². The van der Waals surface area contributed by atoms with Crippen LogP contribution in [0.25, 0.3) is 0 Å². The Labute approximate surface area is 100 Å². The molecule has 1 aliphatic rings. The second-order valence-electron chi connectivity index (χ2n) is 4.47. The fourth-order valence-corrected chi connectivity index (χ4v) is 2.35. The van der Waals surface area contributed by atoms with Crippen molar-refractivity contribution < 1.29 is 4.79 Å². The van der Waals surface area contributed by atoms with Crippen molar-refractivity contribution in [1.82, 2.24) is 9.55 Å². The molecule has 3 rings (SSSR count). The van der Waals surface area contributed by atoms with Crippen LogP contribution in [0.1, 0.15) is 34.5 Å². The first-order valence-corrected chi connectivity index (χ1v) is 5.95. The highest BCUT2D eigenvalue weighted by Crippen LogP contribution is 2.22. The number of aryl methyl sites for hydroxylation is 1. The predicted octanol–water partition coefficient (Wildman–Crippen LogP) is 2.45. The van der Waals surface area contributed by atoms with Crippen molar-refractivity contribution in [3.05, 3.63) is 53.6 Å². The Morgan fingerprint density at radius 1 is 1.24 bits per heavy atom. The van der Waals surface area contributed by atoms with Gasteiger partial charge in [0.2, 0.25) is 0 Å². The molecule has 0 N–H and O–H groups in total. The van der Waals surface area contributed by atoms with Gasteiger partial charge in [0.15, 0.2) is 5.78 Å². The fraction of sp³-hybridized carbons (Fsp3) is 0.286. The third-order valence-electron chi connectivity index (χ3n) is 3.18. The molecule has 2 heterocycles. The first-order chi connectivity index (χ1) is 8.33. The lowest BCUT2D eigenvalue weighted by molar-refractivity contribution is 0.0973. The summed E-state index contributed by atoms with van der Waals surface area (Å²) in [6.07, 6.45) is 8.55. The summed E-state index contributed by atoms with van der Waals surface area (Å²) in [5.41, 5.74) is 3.12. The number of aromatic nitrogens is 2. The van der Waals surface area contributed by atoms with Gasteiger partial charge in [-0.1, -0.05) is 6.07 Å². The minimum Gasteiger partial charge on any atom is -0.347 e. The van der Waals surface area contributed by atoms with Gasteiger partial charge >= 0.3 is 0 Å². The normalized spacial score (nSPS) is 14.7. The maximum absolute atomic E-state index is 11.7. The largest absolute Gasteiger partial charge is 0.347 e. The van der Waals surface area contributed by atoms with E-state index in [4.69, 9.17) is 0 Å². The minimum atomic E-state index is 0.283. The van der Waals surface area contributed by atoms with E-state index in [-0.39, 0.29) is 5.78 Å². The summed E-state index contributed by atoms with van der Waals surface area (Å²) < 4.78 is 2.07. The molecule has 2 aromatic rings. The van der Waals surface area contributed by atoms with Gasteiger partial charge in [-0.05, 0) is 30.5 Å². The first-order valence-electron chi connectivity index (χ1n) is 5.95. The van der Waals surface area contributed by atoms with Crippen molar-refractivity contribution in [2.24, 2.45) is 0 Å². The molecule has 0 amide bonds. The van der Waals surface area contributed by atoms with Crippen LogP contribution >= 0.6 is 0 Å². The van der Waals surface area contributed by atoms with Gasteiger partial charge in [-0.25, -0.2) is 0 Å². The molecule has 0 aliphatic heterocycles. The number of carbonyl (C=O) groups is 1. The van der Waals surface area contributed by atoms with Gasteiger partial charge in [-0.15, -0.1) is 0 Å². The fourth-order valence-electron chi connectivity index (χ4n) is 2.35. The lowest BCUT2D eigenvalue weighted by Crippen LogP contribution is -2.07. The molecule has 0 bridgehead atoms. The van der Waals surface area contributed by atoms with Crippen LogP contribution in [0.4, 0.5) is 0 Å². The topological polar surface area (TPSA) is 34.9 Å². The zero-order valence-corrected chi connectivity index (χ0v) is 9.60. The van der Waals surface area contributed by atoms with Gasteiger partial charge in [0.1, 0.15) is 0 Å². The maximum Gasteiger partial charge on any atom is 0.164 e. The Balaban J connectivity index is 1.88. The van der Waals surface area contributed by atoms with E-state index in [2.05, 4.69) is 15.7 Å². The van der Waals surface area contributed by atoms with Crippen molar-refractivity contribution >= 4 is 5.78 Å². The van der Waals surface area contributed by atoms with Crippen LogP contribution in [0.2, 0.25) is 0 Å². The summed E-state index contributed by atoms with van der Waals surface area (Å²) in [5.74, 6) is 0.283. The molecule has 17 heavy (non-hydrogen) atoms. The van der Waals surface area contributed by atoms with Crippen molar-refractivity contribution in [1.29, 1.82) is 0 Å². The van der Waals surface area contributed by atoms with Crippen LogP contribution in [-0.2, 0) is 13.0 Å². The molecular formula is C14H14N2O. The summed E-state index contributed by atoms with van der Waals surface area (Å²) in [6.45, 7) is 0.737. The SMILES string of the molecule is O=C1CCCc2cn(Cc3ccccn3)cc21. The van der Waals surface area contributed by atoms with Crippen molar-refractivity contribution in [3.8, 4) is 0 Å². The zero-order valence-electron chi connectivity index (χ0n) is 9.60. The molecule has 3 heteroatoms. The molecule has 3 nitrogen and oxygen atoms in total. The molecule has 0 radical (unpaired) electrons. The van der Waals surface area contributed by atoms with E-state index in [1.54, 1.807) is 6.20 Å². The summed E-state index contributed by atoms with van der Waals surface area (Å²) in [6, 6.07) is 5.89. The number of hydrogen-bond donors (Lipinski definition) is 0. The quantitative estimate of drug-likeness (QED) is 0.788. The molecule has 86 valence electrons. The highest BCUT2D eigenvalue weighted by Gasteiger charge is 2.18. The summed E-state index contributed by atoms with van der Waals surface area (Å²) in [5, 5.41) is 0. The van der Waals surface area contributed by atoms with Gasteiger partial charge < -0.3 is 4.57 Å². The number of Topliss-reactive ketones (excluding diaryl/α,β-unsaturated/α-hetero) is 1. The number of rotatable bonds is 2. The molecule has 0 unspecified atom stereocenters. The number of fused-ring (bicyclic) bond motifs is 1. The van der Waals surface area contributed by atoms with E-state index >= 15 is 0 Å². The Morgan fingerprint density at radius 2 is 2.18 bits per heavy atom. The predicted molar refractivity (Wildman–Crippen MR) is 65.0 cm³/mol. The van der Waals surface area contributed by atoms with Crippen molar-refractivity contribution in [2.75, 3.05) is 0 Å². The third-order valence-corrected chi connectivity index (χ3v) is 3.18. The Kier molecular flexibility index (Phi) is 2.52. The van der Waals surface area contributed by atoms with Crippen molar-refractivity contribution in [2.45, 2.75) is 25.8 Å². The summed E-state index contributed by atoms with van der Waals surface area (Å²) >= 11 is 0. The third kappa shape index (κ3) is 2.00. The highest BCUT2D eigenvalue weighted by molar-refractivity contribution is 5.98. The second kappa shape index (κ2) is 4.17. The van der Waals surface area contributed by atoms with E-state index in [1.807, 2.05) is 24.4 Å². The highest BCUT2D eigenvalue weighted by atomic mass is 16.1. The van der Waals surface area contributed by atoms with E-state index in [0.717, 1.165) is 30.6 Å². The molecule has 2 aromatic heterocycles. The number of nitrogens with zero attached hydrogens (tertiary/aromatic N) is 2. The lowest BCUT2D eigenvalue weighted by Gasteiger charge is -2.07. The van der Waals surface area contributed by atoms with Crippen LogP contribution < -0.4 is 0 Å². The summed E-state index contributed by atoms with van der Waals surface area (Å²) in [4.78, 5) is 16.0. The second-order valence-corrected chi connectivity index (χ2v) is 4.47. The molecule has 0 aromatic carbocycles. The number of carbonyl (C=O) groups excluding carboxylic acids is 1. The van der Waals surface area contributed by atoms with Gasteiger partial charge in [-0.3, -0.25) is 9.78 Å². The number of ketones is 1. The van der Waals surface area contributed by atoms with E-state index in [0.29, 0.717) is 6.42 Å². The average molecular weight is 226 g/mol. The average Bonchev–Trinajstić information content (AvgIpc) is 2.74. The van der Waals surface area contributed by atoms with Crippen LogP contribution in [0.15, 0.2) is 36.8 Å². The Hall–Kier alpha value is -1.90. The zero-order chi connectivity index (χ0) is 11.7. The standard InChI is InChI=1S/C14H14N2O/c17-14-6-3-4-11-8-16(10-13(11)14)9-12-5-1-2-7-15-12/h1-2,5,7-8,10H,3-4,6,9H2. The minimum absolute atomic E-state index is 0.283. The Bertz CT molecular complexity index is 543. The maximum atomic E-state index is 11.7. The molecular weight excluding hydrogens is 212 g/mol. The molecule has 0 atom stereocenters. The van der Waals surface area contributed by atoms with E-state index < -0.39 is 0 Å². The monoisotopic (exact) mass is 226 g/mol. The first kappa shape index (κ1) is 10.3. The summed E-state index contributed by atoms with van der Waals surface area (Å²) in [7, 11) is 0. The van der Waals surface area contributed by atoms with Gasteiger partial charge in [0, 0.05) is 30.6 Å². The van der Waals surface area contributed by atoms with E-state index in [9.17, 15) is 4.79 Å². The van der Waals surface area contributed by atoms with Crippen LogP contribution in [0.5, 0.6) is 0 Å². The lowest BCUT2D eigenvalue weighted by atomic mass is 9.95. The van der Waals surface area contributed by atoms with Crippen molar-refractivity contribution in [3.63, 3.8) is 0 Å². The number of pyridine rings is 1. The van der Waals surface area contributed by atoms with Crippen LogP contribution in [-0.4, -0.2) is 15.3 Å². The molecule has 0 spiro atoms. The molecule has 1 aliphatic carbocycles. The van der Waals surface area contributed by atoms with Crippen LogP contribution in [0.3, 0.4) is 0 Å². The molecule has 0 saturated carbocycles. The smallest absolute Gasteiger partial charge is 0.164 e. The van der Waals surface area contributed by atoms with Crippen LogP contribution in [0, 0.1) is 0 Å². The van der Waals surface area contributed by atoms with Gasteiger partial charge in [0.05, 0.1) is 12.2 Å². The molecule has 0 fully saturated rings. The van der Waals surface area contributed by atoms with Gasteiger partial charge in [0.25, 0.3) is 0 Å². The van der Waals surface area contributed by atoms with E-state index in [1.165, 1.54) is 5.56 Å². The Morgan fingerprint density at radius 3 is 2.94 bits per heavy atom. The molecule has 0 saturated heterocycles. The number of hydrogen-bond acceptors (Lipinski definition) is 2.